The van der Waals surface area contributed by atoms with Crippen molar-refractivity contribution >= 4 is 12.0 Å². The minimum atomic E-state index is -1.17. The van der Waals surface area contributed by atoms with Gasteiger partial charge in [-0.05, 0) is 38.8 Å². The number of hydrogen-bond donors (Lipinski definition) is 3. The zero-order chi connectivity index (χ0) is 27.6. The van der Waals surface area contributed by atoms with E-state index in [1.807, 2.05) is 0 Å². The molecular formula is C26H38O11. The summed E-state index contributed by atoms with van der Waals surface area (Å²) < 4.78 is 37.8. The van der Waals surface area contributed by atoms with E-state index in [1.165, 1.54) is 33.5 Å². The van der Waals surface area contributed by atoms with Gasteiger partial charge in [-0.1, -0.05) is 24.3 Å². The van der Waals surface area contributed by atoms with Crippen molar-refractivity contribution in [2.75, 3.05) is 34.9 Å². The minimum absolute atomic E-state index is 0.0136. The molecule has 0 spiro atoms. The molecule has 1 aliphatic rings. The lowest BCUT2D eigenvalue weighted by atomic mass is 10.0. The smallest absolute Gasteiger partial charge is 0.340 e. The van der Waals surface area contributed by atoms with Gasteiger partial charge in [0, 0.05) is 20.3 Å². The maximum atomic E-state index is 12.0. The van der Waals surface area contributed by atoms with Gasteiger partial charge in [-0.25, -0.2) is 4.79 Å². The van der Waals surface area contributed by atoms with Crippen LogP contribution < -0.4 is 9.47 Å². The molecule has 1 aliphatic heterocycles. The molecule has 1 saturated heterocycles. The van der Waals surface area contributed by atoms with Crippen molar-refractivity contribution in [1.82, 2.24) is 0 Å². The van der Waals surface area contributed by atoms with Crippen LogP contribution in [-0.4, -0.2) is 92.5 Å². The number of aliphatic hydroxyl groups excluding tert-OH is 2. The molecule has 5 atom stereocenters. The lowest BCUT2D eigenvalue weighted by molar-refractivity contribution is -0.152. The summed E-state index contributed by atoms with van der Waals surface area (Å²) in [5, 5.41) is 30.5. The number of benzene rings is 1. The summed E-state index contributed by atoms with van der Waals surface area (Å²) in [6.07, 6.45) is 2.88. The molecule has 0 aromatic heterocycles. The predicted octanol–water partition coefficient (Wildman–Crippen LogP) is 2.59. The van der Waals surface area contributed by atoms with Gasteiger partial charge in [0.25, 0.3) is 0 Å². The van der Waals surface area contributed by atoms with E-state index in [0.717, 1.165) is 0 Å². The van der Waals surface area contributed by atoms with Crippen molar-refractivity contribution in [3.05, 3.63) is 41.5 Å². The molecule has 1 fully saturated rings. The topological polar surface area (TPSA) is 142 Å². The molecule has 0 bridgehead atoms. The van der Waals surface area contributed by atoms with Crippen LogP contribution in [0.3, 0.4) is 0 Å². The van der Waals surface area contributed by atoms with Gasteiger partial charge in [-0.15, -0.1) is 0 Å². The first-order chi connectivity index (χ1) is 17.5. The van der Waals surface area contributed by atoms with E-state index in [0.29, 0.717) is 17.7 Å². The van der Waals surface area contributed by atoms with Crippen molar-refractivity contribution in [2.45, 2.75) is 63.5 Å². The fourth-order valence-corrected chi connectivity index (χ4v) is 3.82. The van der Waals surface area contributed by atoms with Gasteiger partial charge in [0.15, 0.2) is 12.6 Å². The first kappa shape index (κ1) is 30.7. The average Bonchev–Trinajstić information content (AvgIpc) is 3.15. The lowest BCUT2D eigenvalue weighted by Gasteiger charge is -2.21. The molecule has 1 aromatic carbocycles. The Hall–Kier alpha value is -2.51. The number of hydrogen-bond acceptors (Lipinski definition) is 10. The molecule has 1 heterocycles. The zero-order valence-electron chi connectivity index (χ0n) is 22.1. The fraction of sp³-hybridized carbons (Fsp3) is 0.577. The second-order valence-corrected chi connectivity index (χ2v) is 8.88. The van der Waals surface area contributed by atoms with Gasteiger partial charge in [0.05, 0.1) is 19.3 Å². The van der Waals surface area contributed by atoms with Gasteiger partial charge in [-0.3, -0.25) is 0 Å². The number of ether oxygens (including phenoxy) is 7. The third-order valence-corrected chi connectivity index (χ3v) is 5.46. The van der Waals surface area contributed by atoms with E-state index in [1.54, 1.807) is 45.1 Å². The number of carbonyl (C=O) groups is 1. The molecule has 0 saturated carbocycles. The maximum Gasteiger partial charge on any atom is 0.340 e. The Balaban J connectivity index is 2.23. The second kappa shape index (κ2) is 14.4. The van der Waals surface area contributed by atoms with Crippen molar-refractivity contribution < 1.29 is 53.3 Å². The molecule has 11 nitrogen and oxygen atoms in total. The number of aromatic carboxylic acids is 1. The normalized spacial score (nSPS) is 21.8. The van der Waals surface area contributed by atoms with Gasteiger partial charge in [0.2, 0.25) is 0 Å². The molecular weight excluding hydrogens is 488 g/mol. The highest BCUT2D eigenvalue weighted by Crippen LogP contribution is 2.34. The summed E-state index contributed by atoms with van der Waals surface area (Å²) in [4.78, 5) is 12.0. The number of carboxylic acid groups (broad SMARTS) is 1. The van der Waals surface area contributed by atoms with Crippen LogP contribution in [0.25, 0.3) is 6.08 Å². The Morgan fingerprint density at radius 1 is 1.11 bits per heavy atom. The Labute approximate surface area is 217 Å². The number of carboxylic acids is 1. The van der Waals surface area contributed by atoms with E-state index < -0.39 is 42.3 Å². The lowest BCUT2D eigenvalue weighted by Crippen LogP contribution is -2.34. The van der Waals surface area contributed by atoms with Crippen molar-refractivity contribution in [1.29, 1.82) is 0 Å². The highest BCUT2D eigenvalue weighted by Gasteiger charge is 2.43. The van der Waals surface area contributed by atoms with Crippen molar-refractivity contribution in [3.63, 3.8) is 0 Å². The monoisotopic (exact) mass is 526 g/mol. The summed E-state index contributed by atoms with van der Waals surface area (Å²) >= 11 is 0. The predicted molar refractivity (Wildman–Crippen MR) is 134 cm³/mol. The molecule has 3 N–H and O–H groups in total. The standard InChI is InChI=1S/C26H38O11/c1-16(27)20(34-14-31-4)11-10-19(28)24-21(36-26(2,3)37-24)9-7-8-17-12-18(33-6)13-22(35-15-32-5)23(17)25(29)30/h7-8,10-13,16,19-21,24,27-28H,9,14-15H2,1-6H3,(H,29,30)/b8-7+,11-10-/t16-,19?,20-,21+,24+/m0/s1. The summed E-state index contributed by atoms with van der Waals surface area (Å²) in [5.41, 5.74) is 0.320. The Morgan fingerprint density at radius 3 is 2.41 bits per heavy atom. The summed E-state index contributed by atoms with van der Waals surface area (Å²) in [5.74, 6) is -1.59. The molecule has 2 rings (SSSR count). The van der Waals surface area contributed by atoms with Crippen LogP contribution in [0.15, 0.2) is 30.4 Å². The molecule has 0 radical (unpaired) electrons. The summed E-state index contributed by atoms with van der Waals surface area (Å²) in [7, 11) is 4.38. The van der Waals surface area contributed by atoms with Crippen LogP contribution in [0.2, 0.25) is 0 Å². The highest BCUT2D eigenvalue weighted by atomic mass is 16.8. The first-order valence-corrected chi connectivity index (χ1v) is 11.8. The minimum Gasteiger partial charge on any atom is -0.497 e. The third-order valence-electron chi connectivity index (χ3n) is 5.46. The molecule has 208 valence electrons. The van der Waals surface area contributed by atoms with E-state index in [2.05, 4.69) is 0 Å². The van der Waals surface area contributed by atoms with Crippen LogP contribution in [0.4, 0.5) is 0 Å². The quantitative estimate of drug-likeness (QED) is 0.229. The van der Waals surface area contributed by atoms with Crippen LogP contribution in [0.5, 0.6) is 11.5 Å². The number of methoxy groups -OCH3 is 3. The largest absolute Gasteiger partial charge is 0.497 e. The Morgan fingerprint density at radius 2 is 1.81 bits per heavy atom. The zero-order valence-corrected chi connectivity index (χ0v) is 22.1. The van der Waals surface area contributed by atoms with Gasteiger partial charge >= 0.3 is 5.97 Å². The van der Waals surface area contributed by atoms with Crippen LogP contribution in [0, 0.1) is 0 Å². The SMILES string of the molecule is COCOc1cc(OC)cc(/C=C/C[C@H]2OC(C)(C)O[C@@H]2C(O)/C=C\[C@H](OCOC)[C@H](C)O)c1C(=O)O. The fourth-order valence-electron chi connectivity index (χ4n) is 3.82. The first-order valence-electron chi connectivity index (χ1n) is 11.8. The molecule has 0 aliphatic carbocycles. The molecule has 1 aromatic rings. The van der Waals surface area contributed by atoms with Crippen LogP contribution in [-0.2, 0) is 23.7 Å². The Kier molecular flexibility index (Phi) is 12.0. The third kappa shape index (κ3) is 9.08. The summed E-state index contributed by atoms with van der Waals surface area (Å²) in [6.45, 7) is 4.91. The van der Waals surface area contributed by atoms with E-state index >= 15 is 0 Å². The van der Waals surface area contributed by atoms with Crippen molar-refractivity contribution in [2.24, 2.45) is 0 Å². The summed E-state index contributed by atoms with van der Waals surface area (Å²) in [6, 6.07) is 3.06. The van der Waals surface area contributed by atoms with Gasteiger partial charge < -0.3 is 48.5 Å². The number of aliphatic hydroxyl groups is 2. The highest BCUT2D eigenvalue weighted by molar-refractivity contribution is 5.95. The Bertz CT molecular complexity index is 925. The van der Waals surface area contributed by atoms with Crippen molar-refractivity contribution in [3.8, 4) is 11.5 Å². The number of rotatable bonds is 15. The second-order valence-electron chi connectivity index (χ2n) is 8.88. The van der Waals surface area contributed by atoms with E-state index in [-0.39, 0.29) is 24.9 Å². The van der Waals surface area contributed by atoms with Crippen LogP contribution >= 0.6 is 0 Å². The molecule has 1 unspecified atom stereocenters. The molecule has 37 heavy (non-hydrogen) atoms. The van der Waals surface area contributed by atoms with Gasteiger partial charge in [-0.2, -0.15) is 0 Å². The van der Waals surface area contributed by atoms with Gasteiger partial charge in [0.1, 0.15) is 42.2 Å². The average molecular weight is 527 g/mol. The molecule has 11 heteroatoms. The van der Waals surface area contributed by atoms with Crippen LogP contribution in [0.1, 0.15) is 43.1 Å². The molecule has 0 amide bonds. The maximum absolute atomic E-state index is 12.0. The van der Waals surface area contributed by atoms with E-state index in [4.69, 9.17) is 33.2 Å². The van der Waals surface area contributed by atoms with E-state index in [9.17, 15) is 20.1 Å².